The van der Waals surface area contributed by atoms with E-state index in [1.165, 1.54) is 6.20 Å². The number of nitrogens with zero attached hydrogens (tertiary/aromatic N) is 1. The van der Waals surface area contributed by atoms with Crippen LogP contribution in [0.5, 0.6) is 5.75 Å². The maximum atomic E-state index is 13.8. The van der Waals surface area contributed by atoms with E-state index >= 15 is 0 Å². The van der Waals surface area contributed by atoms with Crippen molar-refractivity contribution in [1.82, 2.24) is 4.98 Å². The van der Waals surface area contributed by atoms with Gasteiger partial charge in [0.1, 0.15) is 5.75 Å². The Morgan fingerprint density at radius 3 is 2.74 bits per heavy atom. The van der Waals surface area contributed by atoms with E-state index in [2.05, 4.69) is 32.8 Å². The Kier molecular flexibility index (Phi) is 6.42. The lowest BCUT2D eigenvalue weighted by atomic mass is 10.0. The van der Waals surface area contributed by atoms with E-state index in [0.717, 1.165) is 24.3 Å². The van der Waals surface area contributed by atoms with E-state index in [1.54, 1.807) is 7.11 Å². The van der Waals surface area contributed by atoms with Gasteiger partial charge < -0.3 is 10.1 Å². The van der Waals surface area contributed by atoms with Crippen LogP contribution in [0.15, 0.2) is 47.6 Å². The first kappa shape index (κ1) is 17.8. The first-order valence-corrected chi connectivity index (χ1v) is 8.24. The van der Waals surface area contributed by atoms with Crippen LogP contribution in [0.3, 0.4) is 0 Å². The summed E-state index contributed by atoms with van der Waals surface area (Å²) in [4.78, 5) is 3.62. The van der Waals surface area contributed by atoms with Crippen molar-refractivity contribution in [1.29, 1.82) is 0 Å². The number of methoxy groups -OCH3 is 1. The highest BCUT2D eigenvalue weighted by atomic mass is 79.9. The summed E-state index contributed by atoms with van der Waals surface area (Å²) in [6.07, 6.45) is 4.63. The molecular weight excluding hydrogens is 383 g/mol. The second-order valence-corrected chi connectivity index (χ2v) is 6.12. The average Bonchev–Trinajstić information content (AvgIpc) is 2.56. The summed E-state index contributed by atoms with van der Waals surface area (Å²) < 4.78 is 19.2. The molecule has 1 atom stereocenters. The molecule has 6 heteroatoms. The fraction of sp³-hybridized carbons (Fsp3) is 0.235. The number of hydrogen-bond donors (Lipinski definition) is 1. The SMILES string of the molecule is C=CCCC(Nc1ccc(OC)cc1)c1c(Cl)cnc(F)c1Br. The van der Waals surface area contributed by atoms with Gasteiger partial charge in [-0.3, -0.25) is 0 Å². The summed E-state index contributed by atoms with van der Waals surface area (Å²) in [6, 6.07) is 7.34. The van der Waals surface area contributed by atoms with Crippen LogP contribution in [0.2, 0.25) is 5.02 Å². The number of allylic oxidation sites excluding steroid dienone is 1. The van der Waals surface area contributed by atoms with Gasteiger partial charge in [-0.1, -0.05) is 17.7 Å². The number of halogens is 3. The third-order valence-electron chi connectivity index (χ3n) is 3.40. The van der Waals surface area contributed by atoms with E-state index < -0.39 is 5.95 Å². The molecule has 1 N–H and O–H groups in total. The molecule has 2 aromatic rings. The van der Waals surface area contributed by atoms with Crippen LogP contribution >= 0.6 is 27.5 Å². The smallest absolute Gasteiger partial charge is 0.227 e. The fourth-order valence-electron chi connectivity index (χ4n) is 2.24. The minimum absolute atomic E-state index is 0.180. The van der Waals surface area contributed by atoms with Crippen LogP contribution < -0.4 is 10.1 Å². The molecule has 3 nitrogen and oxygen atoms in total. The molecule has 0 aliphatic carbocycles. The number of pyridine rings is 1. The standard InChI is InChI=1S/C17H17BrClFN2O/c1-3-4-5-14(15-13(19)10-21-17(20)16(15)18)22-11-6-8-12(23-2)9-7-11/h3,6-10,14,22H,1,4-5H2,2H3. The van der Waals surface area contributed by atoms with Gasteiger partial charge >= 0.3 is 0 Å². The molecule has 1 heterocycles. The molecule has 0 radical (unpaired) electrons. The van der Waals surface area contributed by atoms with Crippen molar-refractivity contribution in [2.75, 3.05) is 12.4 Å². The van der Waals surface area contributed by atoms with Crippen LogP contribution in [0, 0.1) is 5.95 Å². The summed E-state index contributed by atoms with van der Waals surface area (Å²) in [5, 5.41) is 3.79. The third-order valence-corrected chi connectivity index (χ3v) is 4.46. The molecule has 0 spiro atoms. The number of ether oxygens (including phenoxy) is 1. The molecule has 0 aliphatic heterocycles. The quantitative estimate of drug-likeness (QED) is 0.474. The molecule has 0 aliphatic rings. The zero-order valence-corrected chi connectivity index (χ0v) is 15.0. The third kappa shape index (κ3) is 4.45. The topological polar surface area (TPSA) is 34.1 Å². The highest BCUT2D eigenvalue weighted by Gasteiger charge is 2.21. The van der Waals surface area contributed by atoms with Gasteiger partial charge in [-0.05, 0) is 53.0 Å². The molecule has 1 aromatic heterocycles. The number of rotatable bonds is 7. The van der Waals surface area contributed by atoms with Gasteiger partial charge in [-0.15, -0.1) is 6.58 Å². The molecule has 2 rings (SSSR count). The summed E-state index contributed by atoms with van der Waals surface area (Å²) in [5.41, 5.74) is 1.54. The summed E-state index contributed by atoms with van der Waals surface area (Å²) >= 11 is 9.50. The van der Waals surface area contributed by atoms with Crippen LogP contribution in [0.1, 0.15) is 24.4 Å². The molecule has 23 heavy (non-hydrogen) atoms. The number of aromatic nitrogens is 1. The van der Waals surface area contributed by atoms with Crippen molar-refractivity contribution < 1.29 is 9.13 Å². The first-order valence-electron chi connectivity index (χ1n) is 7.07. The van der Waals surface area contributed by atoms with Crippen molar-refractivity contribution in [3.63, 3.8) is 0 Å². The predicted molar refractivity (Wildman–Crippen MR) is 95.7 cm³/mol. The molecule has 122 valence electrons. The van der Waals surface area contributed by atoms with E-state index in [4.69, 9.17) is 16.3 Å². The molecule has 1 unspecified atom stereocenters. The van der Waals surface area contributed by atoms with E-state index in [9.17, 15) is 4.39 Å². The van der Waals surface area contributed by atoms with E-state index in [-0.39, 0.29) is 10.5 Å². The normalized spacial score (nSPS) is 11.8. The average molecular weight is 400 g/mol. The second-order valence-electron chi connectivity index (χ2n) is 4.92. The zero-order chi connectivity index (χ0) is 16.8. The van der Waals surface area contributed by atoms with Crippen LogP contribution in [-0.2, 0) is 0 Å². The number of benzene rings is 1. The second kappa shape index (κ2) is 8.31. The minimum Gasteiger partial charge on any atom is -0.497 e. The van der Waals surface area contributed by atoms with Crippen molar-refractivity contribution in [2.45, 2.75) is 18.9 Å². The molecular formula is C17H17BrClFN2O. The molecule has 0 amide bonds. The molecule has 0 saturated carbocycles. The summed E-state index contributed by atoms with van der Waals surface area (Å²) in [5.74, 6) is 0.192. The van der Waals surface area contributed by atoms with Gasteiger partial charge in [0, 0.05) is 17.4 Å². The Morgan fingerprint density at radius 1 is 1.43 bits per heavy atom. The minimum atomic E-state index is -0.579. The first-order chi connectivity index (χ1) is 11.1. The van der Waals surface area contributed by atoms with Crippen molar-refractivity contribution in [3.8, 4) is 5.75 Å². The highest BCUT2D eigenvalue weighted by molar-refractivity contribution is 9.10. The number of anilines is 1. The Hall–Kier alpha value is -1.59. The lowest BCUT2D eigenvalue weighted by molar-refractivity contribution is 0.415. The Morgan fingerprint density at radius 2 is 2.13 bits per heavy atom. The molecule has 0 bridgehead atoms. The Labute approximate surface area is 148 Å². The fourth-order valence-corrected chi connectivity index (χ4v) is 3.22. The predicted octanol–water partition coefficient (Wildman–Crippen LogP) is 5.76. The van der Waals surface area contributed by atoms with Crippen molar-refractivity contribution >= 4 is 33.2 Å². The van der Waals surface area contributed by atoms with Crippen LogP contribution in [-0.4, -0.2) is 12.1 Å². The Bertz CT molecular complexity index is 679. The summed E-state index contributed by atoms with van der Waals surface area (Å²) in [6.45, 7) is 3.74. The lowest BCUT2D eigenvalue weighted by Crippen LogP contribution is -2.13. The van der Waals surface area contributed by atoms with Crippen molar-refractivity contribution in [3.05, 3.63) is 64.1 Å². The van der Waals surface area contributed by atoms with E-state index in [0.29, 0.717) is 10.6 Å². The van der Waals surface area contributed by atoms with Gasteiger partial charge in [0.25, 0.3) is 0 Å². The number of nitrogens with one attached hydrogen (secondary N) is 1. The van der Waals surface area contributed by atoms with Crippen molar-refractivity contribution in [2.24, 2.45) is 0 Å². The summed E-state index contributed by atoms with van der Waals surface area (Å²) in [7, 11) is 1.62. The van der Waals surface area contributed by atoms with Gasteiger partial charge in [0.2, 0.25) is 5.95 Å². The van der Waals surface area contributed by atoms with Crippen LogP contribution in [0.25, 0.3) is 0 Å². The molecule has 1 aromatic carbocycles. The Balaban J connectivity index is 2.33. The lowest BCUT2D eigenvalue weighted by Gasteiger charge is -2.22. The zero-order valence-electron chi connectivity index (χ0n) is 12.7. The maximum absolute atomic E-state index is 13.8. The van der Waals surface area contributed by atoms with Gasteiger partial charge in [-0.25, -0.2) is 4.98 Å². The largest absolute Gasteiger partial charge is 0.497 e. The van der Waals surface area contributed by atoms with Gasteiger partial charge in [0.05, 0.1) is 22.6 Å². The molecule has 0 fully saturated rings. The van der Waals surface area contributed by atoms with Gasteiger partial charge in [0.15, 0.2) is 0 Å². The van der Waals surface area contributed by atoms with Gasteiger partial charge in [-0.2, -0.15) is 4.39 Å². The monoisotopic (exact) mass is 398 g/mol. The van der Waals surface area contributed by atoms with E-state index in [1.807, 2.05) is 30.3 Å². The maximum Gasteiger partial charge on any atom is 0.227 e. The number of hydrogen-bond acceptors (Lipinski definition) is 3. The molecule has 0 saturated heterocycles. The van der Waals surface area contributed by atoms with Crippen LogP contribution in [0.4, 0.5) is 10.1 Å². The highest BCUT2D eigenvalue weighted by Crippen LogP contribution is 2.36.